The molecule has 86 valence electrons. The van der Waals surface area contributed by atoms with Crippen molar-refractivity contribution in [3.63, 3.8) is 0 Å². The maximum Gasteiger partial charge on any atom is 0.233 e. The third-order valence-corrected chi connectivity index (χ3v) is 3.51. The molecule has 0 N–H and O–H groups in total. The molecular weight excluding hydrogens is 224 g/mol. The number of hydrogen-bond acceptors (Lipinski definition) is 6. The second kappa shape index (κ2) is 5.26. The molecule has 0 heterocycles. The predicted molar refractivity (Wildman–Crippen MR) is 53.8 cm³/mol. The van der Waals surface area contributed by atoms with Crippen LogP contribution >= 0.6 is 12.0 Å². The highest BCUT2D eigenvalue weighted by Gasteiger charge is 2.43. The summed E-state index contributed by atoms with van der Waals surface area (Å²) in [5.74, 6) is 0. The summed E-state index contributed by atoms with van der Waals surface area (Å²) < 4.78 is 4.80. The van der Waals surface area contributed by atoms with E-state index in [1.807, 2.05) is 0 Å². The lowest BCUT2D eigenvalue weighted by Gasteiger charge is -2.25. The molecule has 1 aliphatic carbocycles. The van der Waals surface area contributed by atoms with E-state index in [0.29, 0.717) is 12.8 Å². The Morgan fingerprint density at radius 1 is 1.27 bits per heavy atom. The molecule has 1 rings (SSSR count). The van der Waals surface area contributed by atoms with Crippen LogP contribution in [0.3, 0.4) is 0 Å². The van der Waals surface area contributed by atoms with Gasteiger partial charge in [0, 0.05) is 28.3 Å². The summed E-state index contributed by atoms with van der Waals surface area (Å²) in [6, 6.07) is -1.66. The van der Waals surface area contributed by atoms with Crippen molar-refractivity contribution in [2.75, 3.05) is 7.11 Å². The van der Waals surface area contributed by atoms with Gasteiger partial charge in [-0.3, -0.25) is 20.2 Å². The third-order valence-electron chi connectivity index (χ3n) is 2.52. The minimum absolute atomic E-state index is 0.00102. The number of nitro groups is 2. The highest BCUT2D eigenvalue weighted by molar-refractivity contribution is 7.95. The van der Waals surface area contributed by atoms with Gasteiger partial charge in [0.1, 0.15) is 0 Å². The molecule has 0 radical (unpaired) electrons. The Kier molecular flexibility index (Phi) is 4.28. The SMILES string of the molecule is COSC1CCC([N+](=O)[O-])CC1[N+](=O)[O-]. The zero-order valence-electron chi connectivity index (χ0n) is 8.20. The molecule has 0 aliphatic heterocycles. The van der Waals surface area contributed by atoms with Crippen molar-refractivity contribution in [3.8, 4) is 0 Å². The van der Waals surface area contributed by atoms with Gasteiger partial charge in [0.2, 0.25) is 12.1 Å². The Hall–Kier alpha value is -0.890. The summed E-state index contributed by atoms with van der Waals surface area (Å²) in [5.41, 5.74) is 0. The molecule has 8 heteroatoms. The van der Waals surface area contributed by atoms with Gasteiger partial charge in [0.25, 0.3) is 0 Å². The van der Waals surface area contributed by atoms with Crippen molar-refractivity contribution in [1.82, 2.24) is 0 Å². The zero-order valence-corrected chi connectivity index (χ0v) is 9.01. The topological polar surface area (TPSA) is 95.5 Å². The lowest BCUT2D eigenvalue weighted by Crippen LogP contribution is -2.42. The van der Waals surface area contributed by atoms with Crippen LogP contribution in [0.5, 0.6) is 0 Å². The van der Waals surface area contributed by atoms with Crippen LogP contribution in [-0.4, -0.2) is 34.3 Å². The van der Waals surface area contributed by atoms with Gasteiger partial charge >= 0.3 is 0 Å². The van der Waals surface area contributed by atoms with Crippen LogP contribution in [0.15, 0.2) is 0 Å². The summed E-state index contributed by atoms with van der Waals surface area (Å²) in [4.78, 5) is 20.4. The molecule has 15 heavy (non-hydrogen) atoms. The maximum absolute atomic E-state index is 10.7. The van der Waals surface area contributed by atoms with E-state index in [1.54, 1.807) is 0 Å². The van der Waals surface area contributed by atoms with E-state index < -0.39 is 21.9 Å². The number of nitrogens with zero attached hydrogens (tertiary/aromatic N) is 2. The number of rotatable bonds is 4. The highest BCUT2D eigenvalue weighted by Crippen LogP contribution is 2.31. The fourth-order valence-corrected chi connectivity index (χ4v) is 2.56. The molecule has 0 amide bonds. The fraction of sp³-hybridized carbons (Fsp3) is 1.00. The molecule has 1 aliphatic rings. The van der Waals surface area contributed by atoms with Gasteiger partial charge in [0.05, 0.1) is 18.8 Å². The second-order valence-corrected chi connectivity index (χ2v) is 4.54. The molecule has 0 spiro atoms. The molecule has 0 saturated heterocycles. The molecule has 3 atom stereocenters. The van der Waals surface area contributed by atoms with E-state index in [1.165, 1.54) is 7.11 Å². The highest BCUT2D eigenvalue weighted by atomic mass is 32.2. The normalized spacial score (nSPS) is 31.1. The summed E-state index contributed by atoms with van der Waals surface area (Å²) in [6.45, 7) is 0. The van der Waals surface area contributed by atoms with Crippen LogP contribution in [0.4, 0.5) is 0 Å². The molecule has 1 saturated carbocycles. The maximum atomic E-state index is 10.7. The largest absolute Gasteiger partial charge is 0.318 e. The fourth-order valence-electron chi connectivity index (χ4n) is 1.75. The van der Waals surface area contributed by atoms with Gasteiger partial charge in [-0.15, -0.1) is 0 Å². The van der Waals surface area contributed by atoms with E-state index in [9.17, 15) is 20.2 Å². The summed E-state index contributed by atoms with van der Waals surface area (Å²) in [6.07, 6.45) is 0.842. The van der Waals surface area contributed by atoms with E-state index in [2.05, 4.69) is 0 Å². The van der Waals surface area contributed by atoms with Crippen molar-refractivity contribution >= 4 is 12.0 Å². The first-order valence-electron chi connectivity index (χ1n) is 4.52. The van der Waals surface area contributed by atoms with Crippen LogP contribution in [0.1, 0.15) is 19.3 Å². The minimum atomic E-state index is -0.876. The Balaban J connectivity index is 2.64. The van der Waals surface area contributed by atoms with Gasteiger partial charge in [-0.25, -0.2) is 0 Å². The second-order valence-electron chi connectivity index (χ2n) is 3.41. The first-order chi connectivity index (χ1) is 7.06. The first kappa shape index (κ1) is 12.2. The van der Waals surface area contributed by atoms with Crippen molar-refractivity contribution in [2.24, 2.45) is 0 Å². The smallest absolute Gasteiger partial charge is 0.233 e. The van der Waals surface area contributed by atoms with Crippen molar-refractivity contribution < 1.29 is 14.0 Å². The molecule has 7 nitrogen and oxygen atoms in total. The Labute approximate surface area is 90.7 Å². The standard InChI is InChI=1S/C7H12N2O5S/c1-14-15-7-3-2-5(8(10)11)4-6(7)9(12)13/h5-7H,2-4H2,1H3. The van der Waals surface area contributed by atoms with Crippen LogP contribution in [-0.2, 0) is 4.18 Å². The minimum Gasteiger partial charge on any atom is -0.318 e. The Morgan fingerprint density at radius 2 is 1.93 bits per heavy atom. The molecule has 3 unspecified atom stereocenters. The van der Waals surface area contributed by atoms with Gasteiger partial charge in [-0.1, -0.05) is 0 Å². The van der Waals surface area contributed by atoms with Gasteiger partial charge in [-0.05, 0) is 6.42 Å². The van der Waals surface area contributed by atoms with Crippen LogP contribution in [0.25, 0.3) is 0 Å². The van der Waals surface area contributed by atoms with E-state index in [0.717, 1.165) is 12.0 Å². The molecule has 0 aromatic carbocycles. The number of hydrogen-bond donors (Lipinski definition) is 0. The summed E-state index contributed by atoms with van der Waals surface area (Å²) in [7, 11) is 1.45. The van der Waals surface area contributed by atoms with Crippen LogP contribution < -0.4 is 0 Å². The molecule has 0 aromatic heterocycles. The van der Waals surface area contributed by atoms with Gasteiger partial charge < -0.3 is 4.18 Å². The first-order valence-corrected chi connectivity index (χ1v) is 5.33. The molecule has 0 aromatic rings. The average Bonchev–Trinajstić information content (AvgIpc) is 2.18. The van der Waals surface area contributed by atoms with Gasteiger partial charge in [-0.2, -0.15) is 0 Å². The summed E-state index contributed by atoms with van der Waals surface area (Å²) in [5, 5.41) is 21.0. The Morgan fingerprint density at radius 3 is 2.40 bits per heavy atom. The Bertz CT molecular complexity index is 262. The third kappa shape index (κ3) is 3.03. The van der Waals surface area contributed by atoms with Crippen molar-refractivity contribution in [3.05, 3.63) is 20.2 Å². The monoisotopic (exact) mass is 236 g/mol. The quantitative estimate of drug-likeness (QED) is 0.412. The van der Waals surface area contributed by atoms with E-state index >= 15 is 0 Å². The van der Waals surface area contributed by atoms with Crippen molar-refractivity contribution in [1.29, 1.82) is 0 Å². The van der Waals surface area contributed by atoms with Crippen LogP contribution in [0.2, 0.25) is 0 Å². The van der Waals surface area contributed by atoms with E-state index in [4.69, 9.17) is 4.18 Å². The van der Waals surface area contributed by atoms with Gasteiger partial charge in [0.15, 0.2) is 0 Å². The van der Waals surface area contributed by atoms with E-state index in [-0.39, 0.29) is 11.7 Å². The lowest BCUT2D eigenvalue weighted by atomic mass is 9.91. The van der Waals surface area contributed by atoms with Crippen LogP contribution in [0, 0.1) is 20.2 Å². The zero-order chi connectivity index (χ0) is 11.4. The molecular formula is C7H12N2O5S. The molecule has 1 fully saturated rings. The average molecular weight is 236 g/mol. The predicted octanol–water partition coefficient (Wildman–Crippen LogP) is 1.12. The van der Waals surface area contributed by atoms with Crippen molar-refractivity contribution in [2.45, 2.75) is 36.6 Å². The lowest BCUT2D eigenvalue weighted by molar-refractivity contribution is -0.566. The molecule has 0 bridgehead atoms. The summed E-state index contributed by atoms with van der Waals surface area (Å²) >= 11 is 1.04.